The Morgan fingerprint density at radius 2 is 1.62 bits per heavy atom. The number of allylic oxidation sites excluding steroid dienone is 1. The molecule has 4 nitrogen and oxygen atoms in total. The first-order chi connectivity index (χ1) is 15.3. The Morgan fingerprint density at radius 3 is 2.34 bits per heavy atom. The summed E-state index contributed by atoms with van der Waals surface area (Å²) in [6.45, 7) is 6.15. The highest BCUT2D eigenvalue weighted by Gasteiger charge is 2.13. The van der Waals surface area contributed by atoms with Crippen LogP contribution >= 0.6 is 0 Å². The van der Waals surface area contributed by atoms with E-state index in [0.717, 1.165) is 33.3 Å². The molecule has 5 heteroatoms. The van der Waals surface area contributed by atoms with Gasteiger partial charge in [-0.15, -0.1) is 0 Å². The van der Waals surface area contributed by atoms with E-state index < -0.39 is 9.84 Å². The van der Waals surface area contributed by atoms with Gasteiger partial charge in [-0.2, -0.15) is 0 Å². The Kier molecular flexibility index (Phi) is 6.10. The topological polar surface area (TPSA) is 56.3 Å². The third-order valence-electron chi connectivity index (χ3n) is 5.32. The highest BCUT2D eigenvalue weighted by Crippen LogP contribution is 2.24. The second kappa shape index (κ2) is 8.97. The van der Waals surface area contributed by atoms with Crippen molar-refractivity contribution in [2.75, 3.05) is 0 Å². The summed E-state index contributed by atoms with van der Waals surface area (Å²) in [5.74, 6) is 0.613. The average Bonchev–Trinajstić information content (AvgIpc) is 2.77. The van der Waals surface area contributed by atoms with E-state index in [0.29, 0.717) is 17.9 Å². The molecule has 0 N–H and O–H groups in total. The Morgan fingerprint density at radius 1 is 0.938 bits per heavy atom. The van der Waals surface area contributed by atoms with Crippen LogP contribution in [0.1, 0.15) is 29.3 Å². The number of nitrogens with zero attached hydrogens (tertiary/aromatic N) is 1. The molecule has 1 heterocycles. The van der Waals surface area contributed by atoms with Gasteiger partial charge in [0.25, 0.3) is 0 Å². The molecule has 0 aliphatic carbocycles. The van der Waals surface area contributed by atoms with Gasteiger partial charge < -0.3 is 4.74 Å². The third kappa shape index (κ3) is 4.89. The van der Waals surface area contributed by atoms with Crippen LogP contribution in [-0.2, 0) is 16.4 Å². The number of sulfone groups is 1. The third-order valence-corrected chi connectivity index (χ3v) is 6.91. The minimum absolute atomic E-state index is 0.238. The molecule has 0 spiro atoms. The zero-order valence-corrected chi connectivity index (χ0v) is 19.2. The van der Waals surface area contributed by atoms with Crippen LogP contribution in [0.3, 0.4) is 0 Å². The molecule has 3 aromatic carbocycles. The van der Waals surface area contributed by atoms with E-state index in [-0.39, 0.29) is 4.90 Å². The van der Waals surface area contributed by atoms with Gasteiger partial charge in [0.2, 0.25) is 0 Å². The SMILES string of the molecule is C/C(=C\S(=O)(=O)c1ccc(OCc2cc(C)nc3ccccc23)cc1)c1ccc(C)cc1. The smallest absolute Gasteiger partial charge is 0.200 e. The first kappa shape index (κ1) is 21.8. The van der Waals surface area contributed by atoms with Gasteiger partial charge in [0.15, 0.2) is 9.84 Å². The van der Waals surface area contributed by atoms with Crippen LogP contribution in [0.25, 0.3) is 16.5 Å². The normalized spacial score (nSPS) is 12.2. The van der Waals surface area contributed by atoms with Crippen LogP contribution in [0.5, 0.6) is 5.75 Å². The first-order valence-electron chi connectivity index (χ1n) is 10.4. The molecule has 0 saturated carbocycles. The van der Waals surface area contributed by atoms with Gasteiger partial charge >= 0.3 is 0 Å². The Hall–Kier alpha value is -3.44. The predicted octanol–water partition coefficient (Wildman–Crippen LogP) is 6.27. The minimum atomic E-state index is -3.56. The van der Waals surface area contributed by atoms with E-state index in [1.165, 1.54) is 5.41 Å². The molecule has 32 heavy (non-hydrogen) atoms. The van der Waals surface area contributed by atoms with Crippen LogP contribution in [-0.4, -0.2) is 13.4 Å². The van der Waals surface area contributed by atoms with Crippen LogP contribution in [0.4, 0.5) is 0 Å². The van der Waals surface area contributed by atoms with Gasteiger partial charge in [0, 0.05) is 22.1 Å². The molecule has 0 fully saturated rings. The molecule has 0 unspecified atom stereocenters. The van der Waals surface area contributed by atoms with Crippen molar-refractivity contribution >= 4 is 26.3 Å². The molecule has 4 rings (SSSR count). The molecule has 0 aliphatic rings. The summed E-state index contributed by atoms with van der Waals surface area (Å²) >= 11 is 0. The van der Waals surface area contributed by atoms with E-state index >= 15 is 0 Å². The number of aryl methyl sites for hydroxylation is 2. The number of hydrogen-bond donors (Lipinski definition) is 0. The van der Waals surface area contributed by atoms with Crippen molar-refractivity contribution < 1.29 is 13.2 Å². The summed E-state index contributed by atoms with van der Waals surface area (Å²) in [6.07, 6.45) is 0. The van der Waals surface area contributed by atoms with Crippen molar-refractivity contribution in [2.24, 2.45) is 0 Å². The zero-order chi connectivity index (χ0) is 22.7. The average molecular weight is 444 g/mol. The van der Waals surface area contributed by atoms with Gasteiger partial charge in [0.05, 0.1) is 10.4 Å². The Labute approximate surface area is 189 Å². The van der Waals surface area contributed by atoms with Gasteiger partial charge in [-0.1, -0.05) is 48.0 Å². The zero-order valence-electron chi connectivity index (χ0n) is 18.4. The molecule has 0 amide bonds. The molecular formula is C27H25NO3S. The summed E-state index contributed by atoms with van der Waals surface area (Å²) in [4.78, 5) is 4.79. The maximum atomic E-state index is 12.8. The molecule has 0 bridgehead atoms. The van der Waals surface area contributed by atoms with Crippen LogP contribution in [0.15, 0.2) is 89.2 Å². The van der Waals surface area contributed by atoms with Crippen LogP contribution in [0.2, 0.25) is 0 Å². The molecule has 0 atom stereocenters. The number of benzene rings is 3. The minimum Gasteiger partial charge on any atom is -0.489 e. The molecule has 0 radical (unpaired) electrons. The molecule has 1 aromatic heterocycles. The number of pyridine rings is 1. The van der Waals surface area contributed by atoms with Crippen molar-refractivity contribution in [3.8, 4) is 5.75 Å². The fraction of sp³-hybridized carbons (Fsp3) is 0.148. The predicted molar refractivity (Wildman–Crippen MR) is 129 cm³/mol. The lowest BCUT2D eigenvalue weighted by molar-refractivity contribution is 0.307. The highest BCUT2D eigenvalue weighted by atomic mass is 32.2. The summed E-state index contributed by atoms with van der Waals surface area (Å²) in [6, 6.07) is 24.3. The molecule has 162 valence electrons. The second-order valence-electron chi connectivity index (χ2n) is 7.91. The van der Waals surface area contributed by atoms with E-state index in [9.17, 15) is 8.42 Å². The number of ether oxygens (including phenoxy) is 1. The number of aromatic nitrogens is 1. The van der Waals surface area contributed by atoms with E-state index in [1.54, 1.807) is 31.2 Å². The van der Waals surface area contributed by atoms with Crippen molar-refractivity contribution in [3.05, 3.63) is 107 Å². The molecule has 4 aromatic rings. The van der Waals surface area contributed by atoms with Crippen molar-refractivity contribution in [3.63, 3.8) is 0 Å². The summed E-state index contributed by atoms with van der Waals surface area (Å²) in [7, 11) is -3.56. The second-order valence-corrected chi connectivity index (χ2v) is 9.71. The first-order valence-corrected chi connectivity index (χ1v) is 11.9. The van der Waals surface area contributed by atoms with Gasteiger partial charge in [-0.25, -0.2) is 8.42 Å². The standard InChI is InChI=1S/C27H25NO3S/c1-19-8-10-22(11-9-19)20(2)18-32(29,30)25-14-12-24(13-15-25)31-17-23-16-21(3)28-27-7-5-4-6-26(23)27/h4-16,18H,17H2,1-3H3/b20-18+. The summed E-state index contributed by atoms with van der Waals surface area (Å²) < 4.78 is 31.6. The fourth-order valence-corrected chi connectivity index (χ4v) is 4.84. The maximum Gasteiger partial charge on any atom is 0.200 e. The highest BCUT2D eigenvalue weighted by molar-refractivity contribution is 7.94. The molecule has 0 aliphatic heterocycles. The Balaban J connectivity index is 1.51. The van der Waals surface area contributed by atoms with E-state index in [4.69, 9.17) is 4.74 Å². The summed E-state index contributed by atoms with van der Waals surface area (Å²) in [5, 5.41) is 2.37. The monoisotopic (exact) mass is 443 g/mol. The van der Waals surface area contributed by atoms with Crippen molar-refractivity contribution in [1.29, 1.82) is 0 Å². The Bertz CT molecular complexity index is 1390. The fourth-order valence-electron chi connectivity index (χ4n) is 3.59. The number of hydrogen-bond acceptors (Lipinski definition) is 4. The van der Waals surface area contributed by atoms with Crippen LogP contribution in [0, 0.1) is 13.8 Å². The number of fused-ring (bicyclic) bond motifs is 1. The molecule has 0 saturated heterocycles. The van der Waals surface area contributed by atoms with E-state index in [2.05, 4.69) is 4.98 Å². The quantitative estimate of drug-likeness (QED) is 0.353. The van der Waals surface area contributed by atoms with Crippen molar-refractivity contribution in [2.45, 2.75) is 32.3 Å². The lowest BCUT2D eigenvalue weighted by Gasteiger charge is -2.10. The number of para-hydroxylation sites is 1. The lowest BCUT2D eigenvalue weighted by atomic mass is 10.1. The van der Waals surface area contributed by atoms with E-state index in [1.807, 2.05) is 68.4 Å². The van der Waals surface area contributed by atoms with Gasteiger partial charge in [-0.3, -0.25) is 4.98 Å². The van der Waals surface area contributed by atoms with Crippen LogP contribution < -0.4 is 4.74 Å². The van der Waals surface area contributed by atoms with Gasteiger partial charge in [-0.05, 0) is 68.3 Å². The van der Waals surface area contributed by atoms with Crippen molar-refractivity contribution in [1.82, 2.24) is 4.98 Å². The molecular weight excluding hydrogens is 418 g/mol. The summed E-state index contributed by atoms with van der Waals surface area (Å²) in [5.41, 5.74) is 5.63. The number of rotatable bonds is 6. The van der Waals surface area contributed by atoms with Gasteiger partial charge in [0.1, 0.15) is 12.4 Å². The lowest BCUT2D eigenvalue weighted by Crippen LogP contribution is -2.00. The largest absolute Gasteiger partial charge is 0.489 e. The maximum absolute atomic E-state index is 12.8.